The first-order valence-electron chi connectivity index (χ1n) is 3.31. The second kappa shape index (κ2) is 3.14. The van der Waals surface area contributed by atoms with E-state index in [2.05, 4.69) is 10.2 Å². The van der Waals surface area contributed by atoms with Gasteiger partial charge in [-0.3, -0.25) is 0 Å². The number of halogens is 1. The van der Waals surface area contributed by atoms with Crippen molar-refractivity contribution in [2.24, 2.45) is 0 Å². The Bertz CT molecular complexity index is 396. The van der Waals surface area contributed by atoms with Crippen LogP contribution in [0.2, 0.25) is 0 Å². The summed E-state index contributed by atoms with van der Waals surface area (Å²) in [6, 6.07) is 2.04. The summed E-state index contributed by atoms with van der Waals surface area (Å²) in [4.78, 5) is 1.06. The van der Waals surface area contributed by atoms with Crippen LogP contribution in [0, 0.1) is 10.8 Å². The van der Waals surface area contributed by atoms with Crippen LogP contribution in [-0.4, -0.2) is 10.2 Å². The van der Waals surface area contributed by atoms with Crippen LogP contribution >= 0.6 is 33.9 Å². The third kappa shape index (κ3) is 1.38. The molecule has 3 nitrogen and oxygen atoms in total. The Morgan fingerprint density at radius 1 is 1.50 bits per heavy atom. The van der Waals surface area contributed by atoms with Gasteiger partial charge < -0.3 is 4.42 Å². The van der Waals surface area contributed by atoms with Gasteiger partial charge in [0.15, 0.2) is 0 Å². The van der Waals surface area contributed by atoms with Crippen molar-refractivity contribution in [3.8, 4) is 10.8 Å². The van der Waals surface area contributed by atoms with Crippen LogP contribution in [0.3, 0.4) is 0 Å². The van der Waals surface area contributed by atoms with E-state index in [1.54, 1.807) is 11.3 Å². The van der Waals surface area contributed by atoms with Crippen molar-refractivity contribution in [3.63, 3.8) is 0 Å². The molecule has 0 unspecified atom stereocenters. The van der Waals surface area contributed by atoms with Gasteiger partial charge in [-0.15, -0.1) is 21.5 Å². The average Bonchev–Trinajstić information content (AvgIpc) is 2.58. The summed E-state index contributed by atoms with van der Waals surface area (Å²) in [6.45, 7) is 2.03. The third-order valence-corrected chi connectivity index (χ3v) is 2.90. The normalized spacial score (nSPS) is 10.5. The van der Waals surface area contributed by atoms with Crippen LogP contribution in [0.4, 0.5) is 0 Å². The SMILES string of the molecule is Cc1ccsc1-c1nnc(I)o1. The fourth-order valence-corrected chi connectivity index (χ4v) is 2.05. The lowest BCUT2D eigenvalue weighted by molar-refractivity contribution is 0.538. The highest BCUT2D eigenvalue weighted by atomic mass is 127. The molecule has 12 heavy (non-hydrogen) atoms. The van der Waals surface area contributed by atoms with Gasteiger partial charge in [0.1, 0.15) is 0 Å². The second-order valence-electron chi connectivity index (χ2n) is 2.29. The van der Waals surface area contributed by atoms with Gasteiger partial charge in [0.2, 0.25) is 0 Å². The van der Waals surface area contributed by atoms with E-state index < -0.39 is 0 Å². The maximum atomic E-state index is 5.28. The minimum absolute atomic E-state index is 0.579. The van der Waals surface area contributed by atoms with Crippen LogP contribution in [0.5, 0.6) is 0 Å². The first-order valence-corrected chi connectivity index (χ1v) is 5.26. The zero-order chi connectivity index (χ0) is 8.55. The van der Waals surface area contributed by atoms with E-state index in [9.17, 15) is 0 Å². The summed E-state index contributed by atoms with van der Waals surface area (Å²) in [5.74, 6) is 0.618. The van der Waals surface area contributed by atoms with Crippen molar-refractivity contribution in [3.05, 3.63) is 20.9 Å². The maximum absolute atomic E-state index is 5.28. The molecule has 0 atom stereocenters. The molecule has 0 bridgehead atoms. The second-order valence-corrected chi connectivity index (χ2v) is 4.13. The van der Waals surface area contributed by atoms with Gasteiger partial charge in [-0.2, -0.15) is 0 Å². The van der Waals surface area contributed by atoms with Crippen LogP contribution in [-0.2, 0) is 0 Å². The van der Waals surface area contributed by atoms with Crippen molar-refractivity contribution >= 4 is 33.9 Å². The molecule has 0 saturated carbocycles. The Morgan fingerprint density at radius 3 is 2.83 bits per heavy atom. The zero-order valence-corrected chi connectivity index (χ0v) is 9.22. The molecule has 2 aromatic heterocycles. The largest absolute Gasteiger partial charge is 0.411 e. The summed E-state index contributed by atoms with van der Waals surface area (Å²) in [5, 5.41) is 9.71. The lowest BCUT2D eigenvalue weighted by Crippen LogP contribution is -1.74. The molecule has 2 heterocycles. The number of hydrogen-bond acceptors (Lipinski definition) is 4. The first kappa shape index (κ1) is 8.18. The van der Waals surface area contributed by atoms with E-state index in [0.717, 1.165) is 4.88 Å². The van der Waals surface area contributed by atoms with Crippen LogP contribution < -0.4 is 0 Å². The summed E-state index contributed by atoms with van der Waals surface area (Å²) in [6.07, 6.45) is 0. The molecule has 0 aliphatic heterocycles. The van der Waals surface area contributed by atoms with E-state index in [1.807, 2.05) is 41.0 Å². The lowest BCUT2D eigenvalue weighted by Gasteiger charge is -1.88. The molecule has 2 rings (SSSR count). The van der Waals surface area contributed by atoms with Crippen molar-refractivity contribution in [2.45, 2.75) is 6.92 Å². The average molecular weight is 292 g/mol. The van der Waals surface area contributed by atoms with E-state index in [4.69, 9.17) is 4.42 Å². The van der Waals surface area contributed by atoms with Crippen LogP contribution in [0.25, 0.3) is 10.8 Å². The molecule has 0 aliphatic rings. The summed E-state index contributed by atoms with van der Waals surface area (Å²) in [5.41, 5.74) is 1.18. The van der Waals surface area contributed by atoms with E-state index in [1.165, 1.54) is 5.56 Å². The van der Waals surface area contributed by atoms with Gasteiger partial charge in [-0.05, 0) is 23.9 Å². The molecule has 5 heteroatoms. The highest BCUT2D eigenvalue weighted by Gasteiger charge is 2.09. The molecule has 0 spiro atoms. The Balaban J connectivity index is 2.50. The summed E-state index contributed by atoms with van der Waals surface area (Å²) in [7, 11) is 0. The summed E-state index contributed by atoms with van der Waals surface area (Å²) >= 11 is 3.62. The van der Waals surface area contributed by atoms with E-state index >= 15 is 0 Å². The Labute approximate surface area is 87.0 Å². The van der Waals surface area contributed by atoms with Gasteiger partial charge in [0.05, 0.1) is 4.88 Å². The Kier molecular flexibility index (Phi) is 2.14. The summed E-state index contributed by atoms with van der Waals surface area (Å²) < 4.78 is 5.86. The number of thiophene rings is 1. The smallest absolute Gasteiger partial charge is 0.278 e. The topological polar surface area (TPSA) is 38.9 Å². The first-order chi connectivity index (χ1) is 5.77. The monoisotopic (exact) mass is 292 g/mol. The van der Waals surface area contributed by atoms with Crippen LogP contribution in [0.15, 0.2) is 15.9 Å². The molecular weight excluding hydrogens is 287 g/mol. The standard InChI is InChI=1S/C7H5IN2OS/c1-4-2-3-12-5(4)6-9-10-7(8)11-6/h2-3H,1H3. The molecule has 0 radical (unpaired) electrons. The van der Waals surface area contributed by atoms with Gasteiger partial charge in [-0.25, -0.2) is 0 Å². The lowest BCUT2D eigenvalue weighted by atomic mass is 10.3. The van der Waals surface area contributed by atoms with Crippen molar-refractivity contribution in [1.82, 2.24) is 10.2 Å². The molecular formula is C7H5IN2OS. The molecule has 2 aromatic rings. The maximum Gasteiger partial charge on any atom is 0.278 e. The Hall–Kier alpha value is -0.430. The Morgan fingerprint density at radius 2 is 2.33 bits per heavy atom. The minimum atomic E-state index is 0.579. The quantitative estimate of drug-likeness (QED) is 0.759. The van der Waals surface area contributed by atoms with Gasteiger partial charge in [-0.1, -0.05) is 0 Å². The number of aromatic nitrogens is 2. The van der Waals surface area contributed by atoms with E-state index in [-0.39, 0.29) is 0 Å². The highest BCUT2D eigenvalue weighted by Crippen LogP contribution is 2.27. The van der Waals surface area contributed by atoms with E-state index in [0.29, 0.717) is 9.79 Å². The molecule has 0 fully saturated rings. The van der Waals surface area contributed by atoms with Crippen molar-refractivity contribution < 1.29 is 4.42 Å². The van der Waals surface area contributed by atoms with Gasteiger partial charge >= 0.3 is 0 Å². The van der Waals surface area contributed by atoms with Crippen molar-refractivity contribution in [1.29, 1.82) is 0 Å². The molecule has 0 aliphatic carbocycles. The molecule has 0 N–H and O–H groups in total. The number of nitrogens with zero attached hydrogens (tertiary/aromatic N) is 2. The van der Waals surface area contributed by atoms with Crippen LogP contribution in [0.1, 0.15) is 5.56 Å². The number of rotatable bonds is 1. The highest BCUT2D eigenvalue weighted by molar-refractivity contribution is 14.1. The van der Waals surface area contributed by atoms with Gasteiger partial charge in [0, 0.05) is 22.6 Å². The third-order valence-electron chi connectivity index (χ3n) is 1.46. The van der Waals surface area contributed by atoms with Gasteiger partial charge in [0.25, 0.3) is 9.79 Å². The molecule has 0 saturated heterocycles. The zero-order valence-electron chi connectivity index (χ0n) is 6.24. The number of aryl methyl sites for hydroxylation is 1. The number of hydrogen-bond donors (Lipinski definition) is 0. The minimum Gasteiger partial charge on any atom is -0.411 e. The molecule has 0 amide bonds. The predicted octanol–water partition coefficient (Wildman–Crippen LogP) is 2.71. The fourth-order valence-electron chi connectivity index (χ4n) is 0.889. The predicted molar refractivity (Wildman–Crippen MR) is 55.1 cm³/mol. The van der Waals surface area contributed by atoms with Crippen molar-refractivity contribution in [2.75, 3.05) is 0 Å². The fraction of sp³-hybridized carbons (Fsp3) is 0.143. The molecule has 0 aromatic carbocycles. The molecule has 62 valence electrons.